The van der Waals surface area contributed by atoms with Crippen LogP contribution < -0.4 is 0 Å². The summed E-state index contributed by atoms with van der Waals surface area (Å²) in [6.07, 6.45) is 3.25. The Morgan fingerprint density at radius 3 is 2.70 bits per heavy atom. The number of hydrogen-bond acceptors (Lipinski definition) is 3. The summed E-state index contributed by atoms with van der Waals surface area (Å²) in [5.74, 6) is 1.13. The molecule has 10 heavy (non-hydrogen) atoms. The molecule has 3 heteroatoms. The predicted molar refractivity (Wildman–Crippen MR) is 35.7 cm³/mol. The van der Waals surface area contributed by atoms with Crippen molar-refractivity contribution >= 4 is 5.97 Å². The van der Waals surface area contributed by atoms with Gasteiger partial charge in [-0.2, -0.15) is 0 Å². The molecule has 0 aromatic carbocycles. The Labute approximate surface area is 59.3 Å². The normalized spacial score (nSPS) is 11.3. The van der Waals surface area contributed by atoms with E-state index < -0.39 is 12.3 Å². The van der Waals surface area contributed by atoms with E-state index >= 15 is 0 Å². The lowest BCUT2D eigenvalue weighted by Gasteiger charge is -2.03. The summed E-state index contributed by atoms with van der Waals surface area (Å²) in [6, 6.07) is 0. The van der Waals surface area contributed by atoms with Crippen LogP contribution >= 0.6 is 0 Å². The van der Waals surface area contributed by atoms with E-state index in [-0.39, 0.29) is 5.57 Å². The molecular formula is C7H8O3. The SMILES string of the molecule is C#CC(O)OC(=O)C(=C)C. The van der Waals surface area contributed by atoms with Gasteiger partial charge < -0.3 is 9.84 Å². The molecule has 54 valence electrons. The third kappa shape index (κ3) is 2.90. The number of carbonyl (C=O) groups excluding carboxylic acids is 1. The van der Waals surface area contributed by atoms with Crippen molar-refractivity contribution in [3.8, 4) is 12.3 Å². The van der Waals surface area contributed by atoms with E-state index in [0.29, 0.717) is 0 Å². The number of ether oxygens (including phenoxy) is 1. The molecule has 1 atom stereocenters. The maximum Gasteiger partial charge on any atom is 0.336 e. The molecule has 0 aliphatic carbocycles. The van der Waals surface area contributed by atoms with Gasteiger partial charge in [-0.3, -0.25) is 0 Å². The predicted octanol–water partition coefficient (Wildman–Crippen LogP) is 0.0573. The Kier molecular flexibility index (Phi) is 3.23. The Morgan fingerprint density at radius 2 is 2.40 bits per heavy atom. The number of terminal acetylenes is 1. The minimum Gasteiger partial charge on any atom is -0.421 e. The lowest BCUT2D eigenvalue weighted by Crippen LogP contribution is -2.15. The zero-order valence-corrected chi connectivity index (χ0v) is 5.63. The summed E-state index contributed by atoms with van der Waals surface area (Å²) >= 11 is 0. The third-order valence-electron chi connectivity index (χ3n) is 0.710. The first-order valence-corrected chi connectivity index (χ1v) is 2.58. The largest absolute Gasteiger partial charge is 0.421 e. The number of hydrogen-bond donors (Lipinski definition) is 1. The second-order valence-corrected chi connectivity index (χ2v) is 1.70. The summed E-state index contributed by atoms with van der Waals surface area (Å²) in [7, 11) is 0. The first-order valence-electron chi connectivity index (χ1n) is 2.58. The smallest absolute Gasteiger partial charge is 0.336 e. The Hall–Kier alpha value is -1.27. The van der Waals surface area contributed by atoms with E-state index in [1.807, 2.05) is 5.92 Å². The summed E-state index contributed by atoms with van der Waals surface area (Å²) in [5, 5.41) is 8.56. The summed E-state index contributed by atoms with van der Waals surface area (Å²) < 4.78 is 4.24. The van der Waals surface area contributed by atoms with Crippen LogP contribution in [0.1, 0.15) is 6.92 Å². The molecule has 0 rings (SSSR count). The Morgan fingerprint density at radius 1 is 1.90 bits per heavy atom. The van der Waals surface area contributed by atoms with Crippen molar-refractivity contribution in [2.45, 2.75) is 13.2 Å². The molecule has 0 bridgehead atoms. The van der Waals surface area contributed by atoms with Crippen LogP contribution in [0.3, 0.4) is 0 Å². The van der Waals surface area contributed by atoms with Crippen LogP contribution in [-0.4, -0.2) is 17.4 Å². The van der Waals surface area contributed by atoms with Crippen LogP contribution in [0.15, 0.2) is 12.2 Å². The second kappa shape index (κ2) is 3.70. The van der Waals surface area contributed by atoms with Crippen molar-refractivity contribution in [3.05, 3.63) is 12.2 Å². The molecule has 1 unspecified atom stereocenters. The third-order valence-corrected chi connectivity index (χ3v) is 0.710. The molecule has 3 nitrogen and oxygen atoms in total. The van der Waals surface area contributed by atoms with Gasteiger partial charge in [-0.05, 0) is 12.8 Å². The van der Waals surface area contributed by atoms with Crippen molar-refractivity contribution in [3.63, 3.8) is 0 Å². The van der Waals surface area contributed by atoms with Gasteiger partial charge in [0.05, 0.1) is 0 Å². The molecule has 0 amide bonds. The second-order valence-electron chi connectivity index (χ2n) is 1.70. The Balaban J connectivity index is 3.83. The molecule has 0 aliphatic rings. The average Bonchev–Trinajstić information content (AvgIpc) is 1.87. The fraction of sp³-hybridized carbons (Fsp3) is 0.286. The summed E-state index contributed by atoms with van der Waals surface area (Å²) in [6.45, 7) is 4.75. The molecule has 0 aliphatic heterocycles. The highest BCUT2D eigenvalue weighted by Gasteiger charge is 2.07. The van der Waals surface area contributed by atoms with Gasteiger partial charge in [-0.25, -0.2) is 4.79 Å². The van der Waals surface area contributed by atoms with Gasteiger partial charge in [0.25, 0.3) is 6.29 Å². The highest BCUT2D eigenvalue weighted by Crippen LogP contribution is 1.94. The van der Waals surface area contributed by atoms with Gasteiger partial charge in [-0.15, -0.1) is 6.42 Å². The van der Waals surface area contributed by atoms with E-state index in [2.05, 4.69) is 11.3 Å². The zero-order chi connectivity index (χ0) is 8.15. The Bertz CT molecular complexity index is 188. The van der Waals surface area contributed by atoms with E-state index in [4.69, 9.17) is 11.5 Å². The number of rotatable bonds is 2. The van der Waals surface area contributed by atoms with Crippen molar-refractivity contribution < 1.29 is 14.6 Å². The van der Waals surface area contributed by atoms with E-state index in [0.717, 1.165) is 0 Å². The quantitative estimate of drug-likeness (QED) is 0.255. The molecular weight excluding hydrogens is 132 g/mol. The zero-order valence-electron chi connectivity index (χ0n) is 5.63. The van der Waals surface area contributed by atoms with Gasteiger partial charge in [0.15, 0.2) is 0 Å². The highest BCUT2D eigenvalue weighted by molar-refractivity contribution is 5.87. The molecule has 0 saturated heterocycles. The van der Waals surface area contributed by atoms with Crippen molar-refractivity contribution in [1.82, 2.24) is 0 Å². The number of aliphatic hydroxyl groups excluding tert-OH is 1. The van der Waals surface area contributed by atoms with Gasteiger partial charge in [0, 0.05) is 5.57 Å². The van der Waals surface area contributed by atoms with E-state index in [1.54, 1.807) is 0 Å². The fourth-order valence-corrected chi connectivity index (χ4v) is 0.236. The first-order chi connectivity index (χ1) is 4.57. The first kappa shape index (κ1) is 8.73. The lowest BCUT2D eigenvalue weighted by molar-refractivity contribution is -0.154. The molecule has 0 aromatic rings. The van der Waals surface area contributed by atoms with Gasteiger partial charge in [0.2, 0.25) is 0 Å². The average molecular weight is 140 g/mol. The summed E-state index contributed by atoms with van der Waals surface area (Å²) in [4.78, 5) is 10.5. The topological polar surface area (TPSA) is 46.5 Å². The maximum absolute atomic E-state index is 10.5. The van der Waals surface area contributed by atoms with Crippen LogP contribution in [-0.2, 0) is 9.53 Å². The van der Waals surface area contributed by atoms with Gasteiger partial charge >= 0.3 is 5.97 Å². The molecule has 0 aromatic heterocycles. The van der Waals surface area contributed by atoms with Crippen LogP contribution in [0.2, 0.25) is 0 Å². The molecule has 0 saturated carbocycles. The molecule has 0 radical (unpaired) electrons. The van der Waals surface area contributed by atoms with E-state index in [9.17, 15) is 4.79 Å². The van der Waals surface area contributed by atoms with Crippen molar-refractivity contribution in [2.24, 2.45) is 0 Å². The minimum absolute atomic E-state index is 0.203. The van der Waals surface area contributed by atoms with Crippen LogP contribution in [0, 0.1) is 12.3 Å². The lowest BCUT2D eigenvalue weighted by atomic mass is 10.4. The van der Waals surface area contributed by atoms with Gasteiger partial charge in [0.1, 0.15) is 0 Å². The monoisotopic (exact) mass is 140 g/mol. The van der Waals surface area contributed by atoms with Gasteiger partial charge in [-0.1, -0.05) is 6.58 Å². The fourth-order valence-electron chi connectivity index (χ4n) is 0.236. The number of esters is 1. The molecule has 1 N–H and O–H groups in total. The minimum atomic E-state index is -1.47. The van der Waals surface area contributed by atoms with Crippen molar-refractivity contribution in [2.75, 3.05) is 0 Å². The summed E-state index contributed by atoms with van der Waals surface area (Å²) in [5.41, 5.74) is 0.203. The standard InChI is InChI=1S/C7H8O3/c1-4-6(8)10-7(9)5(2)3/h1,6,8H,2H2,3H3. The van der Waals surface area contributed by atoms with Crippen molar-refractivity contribution in [1.29, 1.82) is 0 Å². The maximum atomic E-state index is 10.5. The molecule has 0 heterocycles. The molecule has 0 spiro atoms. The van der Waals surface area contributed by atoms with Crippen LogP contribution in [0.5, 0.6) is 0 Å². The van der Waals surface area contributed by atoms with Crippen LogP contribution in [0.4, 0.5) is 0 Å². The molecule has 0 fully saturated rings. The van der Waals surface area contributed by atoms with E-state index in [1.165, 1.54) is 6.92 Å². The number of carbonyl (C=O) groups is 1. The highest BCUT2D eigenvalue weighted by atomic mass is 16.6. The van der Waals surface area contributed by atoms with Crippen LogP contribution in [0.25, 0.3) is 0 Å². The number of aliphatic hydroxyl groups is 1.